The normalized spacial score (nSPS) is 14.3. The van der Waals surface area contributed by atoms with E-state index < -0.39 is 0 Å². The number of fused-ring (bicyclic) bond motifs is 1. The van der Waals surface area contributed by atoms with Gasteiger partial charge in [-0.2, -0.15) is 0 Å². The molecule has 0 saturated carbocycles. The molecule has 0 amide bonds. The highest BCUT2D eigenvalue weighted by Gasteiger charge is 2.21. The molecule has 4 heteroatoms. The van der Waals surface area contributed by atoms with E-state index in [9.17, 15) is 4.39 Å². The lowest BCUT2D eigenvalue weighted by molar-refractivity contribution is 0.610. The van der Waals surface area contributed by atoms with Crippen LogP contribution in [0, 0.1) is 5.82 Å². The Bertz CT molecular complexity index is 627. The second kappa shape index (κ2) is 5.13. The topological polar surface area (TPSA) is 32.5 Å². The quantitative estimate of drug-likeness (QED) is 0.911. The maximum absolute atomic E-state index is 13.9. The molecule has 0 radical (unpaired) electrons. The monoisotopic (exact) mass is 271 g/mol. The van der Waals surface area contributed by atoms with Crippen LogP contribution in [0.1, 0.15) is 5.56 Å². The fourth-order valence-electron chi connectivity index (χ4n) is 2.64. The molecule has 3 nitrogen and oxygen atoms in total. The minimum absolute atomic E-state index is 0.228. The Kier molecular flexibility index (Phi) is 3.32. The van der Waals surface area contributed by atoms with Crippen molar-refractivity contribution < 1.29 is 4.39 Å². The van der Waals surface area contributed by atoms with E-state index in [0.29, 0.717) is 5.56 Å². The van der Waals surface area contributed by atoms with Gasteiger partial charge in [-0.3, -0.25) is 0 Å². The molecule has 0 atom stereocenters. The van der Waals surface area contributed by atoms with Crippen molar-refractivity contribution in [3.63, 3.8) is 0 Å². The number of rotatable bonds is 2. The Labute approximate surface area is 118 Å². The van der Waals surface area contributed by atoms with Crippen molar-refractivity contribution in [2.75, 3.05) is 29.9 Å². The van der Waals surface area contributed by atoms with Crippen LogP contribution in [0.5, 0.6) is 0 Å². The van der Waals surface area contributed by atoms with E-state index in [0.717, 1.165) is 24.5 Å². The molecule has 0 unspecified atom stereocenters. The van der Waals surface area contributed by atoms with Crippen LogP contribution in [0.15, 0.2) is 42.5 Å². The number of hydrogen-bond donors (Lipinski definition) is 1. The maximum atomic E-state index is 13.9. The Morgan fingerprint density at radius 1 is 1.10 bits per heavy atom. The molecule has 0 spiro atoms. The molecule has 1 heterocycles. The van der Waals surface area contributed by atoms with Gasteiger partial charge in [-0.25, -0.2) is 4.39 Å². The van der Waals surface area contributed by atoms with Gasteiger partial charge in [0.2, 0.25) is 0 Å². The highest BCUT2D eigenvalue weighted by Crippen LogP contribution is 2.37. The van der Waals surface area contributed by atoms with Crippen LogP contribution in [0.25, 0.3) is 0 Å². The van der Waals surface area contributed by atoms with E-state index in [4.69, 9.17) is 5.73 Å². The molecule has 3 rings (SSSR count). The third-order valence-corrected chi connectivity index (χ3v) is 3.81. The molecule has 0 saturated heterocycles. The summed E-state index contributed by atoms with van der Waals surface area (Å²) in [6, 6.07) is 13.5. The van der Waals surface area contributed by atoms with Crippen LogP contribution < -0.4 is 15.5 Å². The maximum Gasteiger partial charge on any atom is 0.129 e. The zero-order chi connectivity index (χ0) is 14.1. The molecule has 2 aromatic carbocycles. The highest BCUT2D eigenvalue weighted by molar-refractivity contribution is 5.79. The third kappa shape index (κ3) is 2.12. The smallest absolute Gasteiger partial charge is 0.129 e. The van der Waals surface area contributed by atoms with Gasteiger partial charge in [0.1, 0.15) is 5.82 Å². The van der Waals surface area contributed by atoms with Crippen LogP contribution in [0.4, 0.5) is 21.5 Å². The first-order valence-corrected chi connectivity index (χ1v) is 6.77. The van der Waals surface area contributed by atoms with Crippen molar-refractivity contribution in [2.24, 2.45) is 5.73 Å². The first kappa shape index (κ1) is 12.9. The molecule has 2 aromatic rings. The first-order valence-electron chi connectivity index (χ1n) is 6.77. The van der Waals surface area contributed by atoms with Crippen LogP contribution in [-0.4, -0.2) is 20.1 Å². The molecule has 0 aromatic heterocycles. The summed E-state index contributed by atoms with van der Waals surface area (Å²) in [5, 5.41) is 0. The molecule has 104 valence electrons. The van der Waals surface area contributed by atoms with E-state index in [1.165, 1.54) is 5.69 Å². The first-order chi connectivity index (χ1) is 9.70. The van der Waals surface area contributed by atoms with Crippen LogP contribution in [0.3, 0.4) is 0 Å². The molecule has 1 aliphatic heterocycles. The number of nitrogens with two attached hydrogens (primary N) is 1. The summed E-state index contributed by atoms with van der Waals surface area (Å²) in [5.74, 6) is -0.235. The predicted molar refractivity (Wildman–Crippen MR) is 81.0 cm³/mol. The van der Waals surface area contributed by atoms with Gasteiger partial charge in [0.05, 0.1) is 11.4 Å². The summed E-state index contributed by atoms with van der Waals surface area (Å²) in [4.78, 5) is 4.37. The minimum Gasteiger partial charge on any atom is -0.371 e. The van der Waals surface area contributed by atoms with Crippen molar-refractivity contribution in [1.82, 2.24) is 0 Å². The Balaban J connectivity index is 2.03. The van der Waals surface area contributed by atoms with Crippen LogP contribution in [0.2, 0.25) is 0 Å². The summed E-state index contributed by atoms with van der Waals surface area (Å²) >= 11 is 0. The molecule has 20 heavy (non-hydrogen) atoms. The summed E-state index contributed by atoms with van der Waals surface area (Å²) in [6.07, 6.45) is 0. The van der Waals surface area contributed by atoms with Gasteiger partial charge in [-0.1, -0.05) is 18.2 Å². The number of nitrogens with zero attached hydrogens (tertiary/aromatic N) is 2. The number of para-hydroxylation sites is 2. The molecule has 2 N–H and O–H groups in total. The molecular weight excluding hydrogens is 253 g/mol. The van der Waals surface area contributed by atoms with Crippen LogP contribution in [-0.2, 0) is 6.54 Å². The molecule has 1 aliphatic rings. The van der Waals surface area contributed by atoms with Gasteiger partial charge in [-0.15, -0.1) is 0 Å². The number of likely N-dealkylation sites (N-methyl/N-ethyl adjacent to an activating group) is 1. The van der Waals surface area contributed by atoms with E-state index in [-0.39, 0.29) is 12.4 Å². The standard InChI is InChI=1S/C16H18FN3/c1-19-8-9-20(16-5-3-2-4-15(16)19)13-7-6-12(11-18)14(17)10-13/h2-7,10H,8-9,11,18H2,1H3. The Morgan fingerprint density at radius 2 is 1.85 bits per heavy atom. The number of hydrogen-bond acceptors (Lipinski definition) is 3. The van der Waals surface area contributed by atoms with Crippen molar-refractivity contribution >= 4 is 17.1 Å². The summed E-state index contributed by atoms with van der Waals surface area (Å²) in [5.41, 5.74) is 9.22. The second-order valence-corrected chi connectivity index (χ2v) is 5.04. The van der Waals surface area contributed by atoms with Gasteiger partial charge in [0.15, 0.2) is 0 Å². The highest BCUT2D eigenvalue weighted by atomic mass is 19.1. The van der Waals surface area contributed by atoms with Crippen LogP contribution >= 0.6 is 0 Å². The number of halogens is 1. The van der Waals surface area contributed by atoms with E-state index in [1.807, 2.05) is 18.2 Å². The zero-order valence-corrected chi connectivity index (χ0v) is 11.5. The SMILES string of the molecule is CN1CCN(c2ccc(CN)c(F)c2)c2ccccc21. The Morgan fingerprint density at radius 3 is 2.55 bits per heavy atom. The molecule has 0 bridgehead atoms. The summed E-state index contributed by atoms with van der Waals surface area (Å²) < 4.78 is 13.9. The lowest BCUT2D eigenvalue weighted by Crippen LogP contribution is -2.36. The van der Waals surface area contributed by atoms with Gasteiger partial charge < -0.3 is 15.5 Å². The predicted octanol–water partition coefficient (Wildman–Crippen LogP) is 2.87. The van der Waals surface area contributed by atoms with E-state index in [2.05, 4.69) is 29.0 Å². The number of benzene rings is 2. The van der Waals surface area contributed by atoms with Crippen molar-refractivity contribution in [2.45, 2.75) is 6.54 Å². The lowest BCUT2D eigenvalue weighted by Gasteiger charge is -2.37. The number of anilines is 3. The zero-order valence-electron chi connectivity index (χ0n) is 11.5. The fourth-order valence-corrected chi connectivity index (χ4v) is 2.64. The average molecular weight is 271 g/mol. The minimum atomic E-state index is -0.235. The van der Waals surface area contributed by atoms with Gasteiger partial charge in [-0.05, 0) is 24.3 Å². The largest absolute Gasteiger partial charge is 0.371 e. The van der Waals surface area contributed by atoms with E-state index in [1.54, 1.807) is 12.1 Å². The molecule has 0 fully saturated rings. The Hall–Kier alpha value is -2.07. The fraction of sp³-hybridized carbons (Fsp3) is 0.250. The van der Waals surface area contributed by atoms with Gasteiger partial charge in [0, 0.05) is 37.9 Å². The summed E-state index contributed by atoms with van der Waals surface area (Å²) in [7, 11) is 2.08. The average Bonchev–Trinajstić information content (AvgIpc) is 2.48. The van der Waals surface area contributed by atoms with Crippen molar-refractivity contribution in [3.05, 3.63) is 53.8 Å². The van der Waals surface area contributed by atoms with Gasteiger partial charge in [0.25, 0.3) is 0 Å². The van der Waals surface area contributed by atoms with E-state index >= 15 is 0 Å². The molecule has 0 aliphatic carbocycles. The van der Waals surface area contributed by atoms with Crippen molar-refractivity contribution in [1.29, 1.82) is 0 Å². The second-order valence-electron chi connectivity index (χ2n) is 5.04. The lowest BCUT2D eigenvalue weighted by atomic mass is 10.1. The van der Waals surface area contributed by atoms with Crippen molar-refractivity contribution in [3.8, 4) is 0 Å². The molecular formula is C16H18FN3. The third-order valence-electron chi connectivity index (χ3n) is 3.81. The summed E-state index contributed by atoms with van der Waals surface area (Å²) in [6.45, 7) is 1.98. The van der Waals surface area contributed by atoms with Gasteiger partial charge >= 0.3 is 0 Å².